The first-order valence-electron chi connectivity index (χ1n) is 15.9. The predicted molar refractivity (Wildman–Crippen MR) is 149 cm³/mol. The second kappa shape index (κ2) is 11.6. The SMILES string of the molecule is CC(C)CC(CC1CCCC2CCCC3CCCCC(C4CC(C)(C)N4C)CC3C2C1)C(C)C. The van der Waals surface area contributed by atoms with E-state index in [2.05, 4.69) is 53.5 Å². The molecule has 1 heteroatoms. The Morgan fingerprint density at radius 3 is 1.85 bits per heavy atom. The fourth-order valence-corrected chi connectivity index (χ4v) is 9.52. The molecule has 0 spiro atoms. The fraction of sp³-hybridized carbons (Fsp3) is 1.00. The molecule has 8 unspecified atom stereocenters. The van der Waals surface area contributed by atoms with Crippen LogP contribution in [0.5, 0.6) is 0 Å². The highest BCUT2D eigenvalue weighted by atomic mass is 15.3. The summed E-state index contributed by atoms with van der Waals surface area (Å²) in [4.78, 5) is 2.76. The summed E-state index contributed by atoms with van der Waals surface area (Å²) in [5.74, 6) is 8.81. The minimum atomic E-state index is 0.439. The Hall–Kier alpha value is -0.0400. The topological polar surface area (TPSA) is 3.24 Å². The summed E-state index contributed by atoms with van der Waals surface area (Å²) >= 11 is 0. The van der Waals surface area contributed by atoms with Crippen molar-refractivity contribution in [2.45, 2.75) is 149 Å². The zero-order valence-electron chi connectivity index (χ0n) is 24.3. The van der Waals surface area contributed by atoms with Crippen LogP contribution in [0.2, 0.25) is 0 Å². The van der Waals surface area contributed by atoms with Gasteiger partial charge in [0.15, 0.2) is 0 Å². The third-order valence-corrected chi connectivity index (χ3v) is 11.7. The second-order valence-corrected chi connectivity index (χ2v) is 15.2. The van der Waals surface area contributed by atoms with Crippen LogP contribution in [-0.4, -0.2) is 23.5 Å². The van der Waals surface area contributed by atoms with Crippen LogP contribution in [0.15, 0.2) is 0 Å². The van der Waals surface area contributed by atoms with Crippen LogP contribution in [0.1, 0.15) is 138 Å². The smallest absolute Gasteiger partial charge is 0.0168 e. The molecule has 4 fully saturated rings. The van der Waals surface area contributed by atoms with E-state index in [-0.39, 0.29) is 0 Å². The average molecular weight is 472 g/mol. The molecule has 198 valence electrons. The lowest BCUT2D eigenvalue weighted by Crippen LogP contribution is -2.63. The van der Waals surface area contributed by atoms with Gasteiger partial charge in [-0.2, -0.15) is 0 Å². The second-order valence-electron chi connectivity index (χ2n) is 15.2. The van der Waals surface area contributed by atoms with E-state index in [9.17, 15) is 0 Å². The highest BCUT2D eigenvalue weighted by Crippen LogP contribution is 2.53. The number of rotatable bonds is 6. The number of nitrogens with zero attached hydrogens (tertiary/aromatic N) is 1. The standard InChI is InChI=1S/C33H61N/c1-23(2)18-29(24(3)4)19-25-12-10-15-27-17-11-16-26-13-8-9-14-28(21-31(26)30(27)20-25)32-22-33(5,6)34(32)7/h23-32H,8-22H2,1-7H3. The van der Waals surface area contributed by atoms with E-state index in [0.29, 0.717) is 5.54 Å². The maximum Gasteiger partial charge on any atom is 0.0168 e. The van der Waals surface area contributed by atoms with Gasteiger partial charge in [-0.15, -0.1) is 0 Å². The number of hydrogen-bond donors (Lipinski definition) is 0. The maximum atomic E-state index is 2.76. The summed E-state index contributed by atoms with van der Waals surface area (Å²) in [5, 5.41) is 0. The Kier molecular flexibility index (Phi) is 9.18. The Morgan fingerprint density at radius 1 is 0.735 bits per heavy atom. The molecule has 0 aromatic carbocycles. The van der Waals surface area contributed by atoms with Crippen LogP contribution in [-0.2, 0) is 0 Å². The molecule has 3 saturated carbocycles. The van der Waals surface area contributed by atoms with Crippen LogP contribution in [0.3, 0.4) is 0 Å². The van der Waals surface area contributed by atoms with Gasteiger partial charge in [-0.25, -0.2) is 0 Å². The van der Waals surface area contributed by atoms with Crippen LogP contribution in [0, 0.1) is 53.3 Å². The summed E-state index contributed by atoms with van der Waals surface area (Å²) in [6.45, 7) is 14.8. The van der Waals surface area contributed by atoms with E-state index >= 15 is 0 Å². The summed E-state index contributed by atoms with van der Waals surface area (Å²) < 4.78 is 0. The molecule has 8 atom stereocenters. The highest BCUT2D eigenvalue weighted by molar-refractivity contribution is 5.02. The Labute approximate surface area is 214 Å². The zero-order valence-corrected chi connectivity index (χ0v) is 24.3. The van der Waals surface area contributed by atoms with Crippen LogP contribution >= 0.6 is 0 Å². The average Bonchev–Trinajstić information content (AvgIpc) is 3.03. The van der Waals surface area contributed by atoms with E-state index in [1.54, 1.807) is 38.5 Å². The number of fused-ring (bicyclic) bond motifs is 3. The minimum absolute atomic E-state index is 0.439. The molecule has 1 saturated heterocycles. The molecule has 1 heterocycles. The lowest BCUT2D eigenvalue weighted by molar-refractivity contribution is -0.0698. The normalized spacial score (nSPS) is 40.3. The third kappa shape index (κ3) is 6.26. The Bertz CT molecular complexity index is 620. The van der Waals surface area contributed by atoms with Crippen molar-refractivity contribution < 1.29 is 0 Å². The molecule has 0 bridgehead atoms. The van der Waals surface area contributed by atoms with Crippen molar-refractivity contribution in [1.29, 1.82) is 0 Å². The van der Waals surface area contributed by atoms with Crippen LogP contribution < -0.4 is 0 Å². The molecule has 1 aliphatic heterocycles. The largest absolute Gasteiger partial charge is 0.298 e. The molecule has 0 aromatic rings. The van der Waals surface area contributed by atoms with E-state index in [1.807, 2.05) is 0 Å². The predicted octanol–water partition coefficient (Wildman–Crippen LogP) is 9.60. The van der Waals surface area contributed by atoms with E-state index in [1.165, 1.54) is 57.8 Å². The monoisotopic (exact) mass is 471 g/mol. The molecule has 0 radical (unpaired) electrons. The molecular formula is C33H61N. The van der Waals surface area contributed by atoms with Gasteiger partial charge >= 0.3 is 0 Å². The minimum Gasteiger partial charge on any atom is -0.298 e. The van der Waals surface area contributed by atoms with Gasteiger partial charge in [-0.05, 0) is 113 Å². The first kappa shape index (κ1) is 27.0. The van der Waals surface area contributed by atoms with Crippen molar-refractivity contribution in [2.75, 3.05) is 7.05 Å². The summed E-state index contributed by atoms with van der Waals surface area (Å²) in [7, 11) is 2.43. The molecule has 3 aliphatic carbocycles. The quantitative estimate of drug-likeness (QED) is 0.372. The summed E-state index contributed by atoms with van der Waals surface area (Å²) in [6, 6.07) is 0.869. The van der Waals surface area contributed by atoms with Gasteiger partial charge in [0, 0.05) is 11.6 Å². The Morgan fingerprint density at radius 2 is 1.29 bits per heavy atom. The molecule has 0 N–H and O–H groups in total. The highest BCUT2D eigenvalue weighted by Gasteiger charge is 2.48. The fourth-order valence-electron chi connectivity index (χ4n) is 9.52. The van der Waals surface area contributed by atoms with Crippen LogP contribution in [0.25, 0.3) is 0 Å². The van der Waals surface area contributed by atoms with Gasteiger partial charge in [0.1, 0.15) is 0 Å². The van der Waals surface area contributed by atoms with E-state index in [4.69, 9.17) is 0 Å². The maximum absolute atomic E-state index is 2.76. The van der Waals surface area contributed by atoms with Gasteiger partial charge in [-0.1, -0.05) is 85.5 Å². The van der Waals surface area contributed by atoms with Crippen molar-refractivity contribution in [3.8, 4) is 0 Å². The zero-order chi connectivity index (χ0) is 24.5. The molecule has 1 nitrogen and oxygen atoms in total. The van der Waals surface area contributed by atoms with Gasteiger partial charge < -0.3 is 0 Å². The van der Waals surface area contributed by atoms with E-state index < -0.39 is 0 Å². The van der Waals surface area contributed by atoms with Crippen molar-refractivity contribution in [1.82, 2.24) is 4.90 Å². The third-order valence-electron chi connectivity index (χ3n) is 11.7. The molecule has 34 heavy (non-hydrogen) atoms. The molecular weight excluding hydrogens is 410 g/mol. The van der Waals surface area contributed by atoms with Gasteiger partial charge in [0.05, 0.1) is 0 Å². The van der Waals surface area contributed by atoms with Gasteiger partial charge in [0.2, 0.25) is 0 Å². The summed E-state index contributed by atoms with van der Waals surface area (Å²) in [6.07, 6.45) is 22.9. The van der Waals surface area contributed by atoms with Gasteiger partial charge in [-0.3, -0.25) is 4.90 Å². The number of hydrogen-bond acceptors (Lipinski definition) is 1. The van der Waals surface area contributed by atoms with Crippen molar-refractivity contribution in [3.05, 3.63) is 0 Å². The lowest BCUT2D eigenvalue weighted by Gasteiger charge is -2.57. The van der Waals surface area contributed by atoms with Gasteiger partial charge in [0.25, 0.3) is 0 Å². The van der Waals surface area contributed by atoms with Crippen molar-refractivity contribution >= 4 is 0 Å². The Balaban J connectivity index is 1.51. The lowest BCUT2D eigenvalue weighted by atomic mass is 9.63. The number of likely N-dealkylation sites (tertiary alicyclic amines) is 1. The molecule has 4 aliphatic rings. The van der Waals surface area contributed by atoms with E-state index in [0.717, 1.165) is 59.3 Å². The summed E-state index contributed by atoms with van der Waals surface area (Å²) in [5.41, 5.74) is 0.439. The molecule has 0 amide bonds. The first-order valence-corrected chi connectivity index (χ1v) is 15.9. The van der Waals surface area contributed by atoms with Crippen molar-refractivity contribution in [2.24, 2.45) is 53.3 Å². The molecule has 0 aromatic heterocycles. The first-order chi connectivity index (χ1) is 16.2. The van der Waals surface area contributed by atoms with Crippen LogP contribution in [0.4, 0.5) is 0 Å². The van der Waals surface area contributed by atoms with Crippen molar-refractivity contribution in [3.63, 3.8) is 0 Å². The molecule has 4 rings (SSSR count).